The molecule has 1 amide bonds. The van der Waals surface area contributed by atoms with Crippen LogP contribution < -0.4 is 0 Å². The molecule has 0 aromatic heterocycles. The Hall–Kier alpha value is -1.67. The maximum absolute atomic E-state index is 12.1. The summed E-state index contributed by atoms with van der Waals surface area (Å²) < 4.78 is 22.1. The molecule has 0 N–H and O–H groups in total. The minimum absolute atomic E-state index is 0.0172. The van der Waals surface area contributed by atoms with Crippen molar-refractivity contribution in [3.05, 3.63) is 38.9 Å². The highest BCUT2D eigenvalue weighted by Gasteiger charge is 2.22. The standard InChI is InChI=1S/C11H13ClN2O5S/c1-13(6-7-20(2,18)19)11(15)8-4-3-5-9(10(8)12)14(16)17/h3-5H,6-7H2,1-2H3. The SMILES string of the molecule is CN(CCS(C)(=O)=O)C(=O)c1cccc([N+](=O)[O-])c1Cl. The van der Waals surface area contributed by atoms with Gasteiger partial charge < -0.3 is 4.90 Å². The van der Waals surface area contributed by atoms with Gasteiger partial charge in [-0.3, -0.25) is 14.9 Å². The zero-order valence-corrected chi connectivity index (χ0v) is 12.4. The van der Waals surface area contributed by atoms with Gasteiger partial charge in [-0.2, -0.15) is 0 Å². The average Bonchev–Trinajstić information content (AvgIpc) is 2.34. The molecule has 1 rings (SSSR count). The van der Waals surface area contributed by atoms with Crippen molar-refractivity contribution in [2.45, 2.75) is 0 Å². The second kappa shape index (κ2) is 6.19. The molecule has 0 aliphatic rings. The maximum Gasteiger partial charge on any atom is 0.288 e. The Morgan fingerprint density at radius 3 is 2.55 bits per heavy atom. The van der Waals surface area contributed by atoms with Crippen molar-refractivity contribution in [1.29, 1.82) is 0 Å². The maximum atomic E-state index is 12.1. The van der Waals surface area contributed by atoms with Crippen molar-refractivity contribution in [3.8, 4) is 0 Å². The topological polar surface area (TPSA) is 97.6 Å². The molecule has 0 bridgehead atoms. The van der Waals surface area contributed by atoms with Gasteiger partial charge in [0.15, 0.2) is 0 Å². The molecule has 1 aromatic rings. The zero-order valence-electron chi connectivity index (χ0n) is 10.9. The van der Waals surface area contributed by atoms with Gasteiger partial charge in [0.1, 0.15) is 14.9 Å². The first-order valence-electron chi connectivity index (χ1n) is 5.49. The van der Waals surface area contributed by atoms with Gasteiger partial charge in [-0.25, -0.2) is 8.42 Å². The highest BCUT2D eigenvalue weighted by atomic mass is 35.5. The van der Waals surface area contributed by atoms with E-state index in [4.69, 9.17) is 11.6 Å². The zero-order chi connectivity index (χ0) is 15.5. The molecule has 0 unspecified atom stereocenters. The molecule has 0 atom stereocenters. The van der Waals surface area contributed by atoms with Crippen molar-refractivity contribution in [2.24, 2.45) is 0 Å². The summed E-state index contributed by atoms with van der Waals surface area (Å²) in [5.41, 5.74) is -0.397. The number of rotatable bonds is 5. The molecule has 20 heavy (non-hydrogen) atoms. The summed E-state index contributed by atoms with van der Waals surface area (Å²) in [4.78, 5) is 23.3. The van der Waals surface area contributed by atoms with Crippen LogP contribution >= 0.6 is 11.6 Å². The fourth-order valence-corrected chi connectivity index (χ4v) is 2.32. The lowest BCUT2D eigenvalue weighted by molar-refractivity contribution is -0.384. The van der Waals surface area contributed by atoms with Crippen LogP contribution in [0.4, 0.5) is 5.69 Å². The minimum Gasteiger partial charge on any atom is -0.341 e. The monoisotopic (exact) mass is 320 g/mol. The molecule has 0 spiro atoms. The Labute approximate surface area is 121 Å². The van der Waals surface area contributed by atoms with Crippen LogP contribution in [-0.2, 0) is 9.84 Å². The smallest absolute Gasteiger partial charge is 0.288 e. The predicted molar refractivity (Wildman–Crippen MR) is 74.8 cm³/mol. The van der Waals surface area contributed by atoms with E-state index in [1.165, 1.54) is 25.2 Å². The number of hydrogen-bond donors (Lipinski definition) is 0. The number of amides is 1. The van der Waals surface area contributed by atoms with Crippen molar-refractivity contribution in [1.82, 2.24) is 4.90 Å². The summed E-state index contributed by atoms with van der Waals surface area (Å²) in [5.74, 6) is -0.760. The van der Waals surface area contributed by atoms with Crippen LogP contribution in [0.15, 0.2) is 18.2 Å². The summed E-state index contributed by atoms with van der Waals surface area (Å²) in [6.45, 7) is -0.0172. The molecule has 0 fully saturated rings. The van der Waals surface area contributed by atoms with E-state index in [2.05, 4.69) is 0 Å². The Balaban J connectivity index is 2.98. The number of nitro benzene ring substituents is 1. The Morgan fingerprint density at radius 1 is 1.45 bits per heavy atom. The van der Waals surface area contributed by atoms with Crippen LogP contribution in [-0.4, -0.2) is 49.7 Å². The van der Waals surface area contributed by atoms with Gasteiger partial charge in [0.05, 0.1) is 16.2 Å². The summed E-state index contributed by atoms with van der Waals surface area (Å²) in [5, 5.41) is 10.5. The molecule has 0 saturated carbocycles. The van der Waals surface area contributed by atoms with Crippen molar-refractivity contribution < 1.29 is 18.1 Å². The van der Waals surface area contributed by atoms with E-state index in [9.17, 15) is 23.3 Å². The molecular formula is C11H13ClN2O5S. The van der Waals surface area contributed by atoms with E-state index in [0.29, 0.717) is 0 Å². The van der Waals surface area contributed by atoms with Crippen molar-refractivity contribution in [2.75, 3.05) is 25.6 Å². The number of carbonyl (C=O) groups is 1. The molecule has 110 valence electrons. The molecular weight excluding hydrogens is 308 g/mol. The molecule has 1 aromatic carbocycles. The summed E-state index contributed by atoms with van der Waals surface area (Å²) in [6.07, 6.45) is 1.06. The lowest BCUT2D eigenvalue weighted by Crippen LogP contribution is -2.31. The van der Waals surface area contributed by atoms with E-state index in [0.717, 1.165) is 11.2 Å². The molecule has 0 aliphatic heterocycles. The third-order valence-corrected chi connectivity index (χ3v) is 3.87. The van der Waals surface area contributed by atoms with Gasteiger partial charge in [0.2, 0.25) is 0 Å². The minimum atomic E-state index is -3.20. The molecule has 0 heterocycles. The highest BCUT2D eigenvalue weighted by molar-refractivity contribution is 7.90. The number of halogens is 1. The second-order valence-electron chi connectivity index (χ2n) is 4.25. The van der Waals surface area contributed by atoms with Crippen LogP contribution in [0.1, 0.15) is 10.4 Å². The largest absolute Gasteiger partial charge is 0.341 e. The Kier molecular flexibility index (Phi) is 5.07. The second-order valence-corrected chi connectivity index (χ2v) is 6.89. The van der Waals surface area contributed by atoms with E-state index >= 15 is 0 Å². The summed E-state index contributed by atoms with van der Waals surface area (Å²) in [6, 6.07) is 3.89. The van der Waals surface area contributed by atoms with E-state index < -0.39 is 20.7 Å². The van der Waals surface area contributed by atoms with E-state index in [-0.39, 0.29) is 28.6 Å². The van der Waals surface area contributed by atoms with Crippen LogP contribution in [0.5, 0.6) is 0 Å². The summed E-state index contributed by atoms with van der Waals surface area (Å²) >= 11 is 5.83. The average molecular weight is 321 g/mol. The highest BCUT2D eigenvalue weighted by Crippen LogP contribution is 2.28. The number of hydrogen-bond acceptors (Lipinski definition) is 5. The molecule has 0 saturated heterocycles. The van der Waals surface area contributed by atoms with Crippen LogP contribution in [0, 0.1) is 10.1 Å². The summed E-state index contributed by atoms with van der Waals surface area (Å²) in [7, 11) is -1.80. The number of benzene rings is 1. The van der Waals surface area contributed by atoms with Crippen molar-refractivity contribution >= 4 is 33.0 Å². The first-order chi connectivity index (χ1) is 9.13. The number of nitro groups is 1. The van der Waals surface area contributed by atoms with Crippen LogP contribution in [0.2, 0.25) is 5.02 Å². The predicted octanol–water partition coefficient (Wildman–Crippen LogP) is 1.36. The van der Waals surface area contributed by atoms with Gasteiger partial charge in [0.25, 0.3) is 11.6 Å². The molecule has 0 aliphatic carbocycles. The van der Waals surface area contributed by atoms with Crippen LogP contribution in [0.25, 0.3) is 0 Å². The van der Waals surface area contributed by atoms with Gasteiger partial charge in [-0.15, -0.1) is 0 Å². The lowest BCUT2D eigenvalue weighted by atomic mass is 10.2. The van der Waals surface area contributed by atoms with E-state index in [1.807, 2.05) is 0 Å². The van der Waals surface area contributed by atoms with Gasteiger partial charge in [0, 0.05) is 25.9 Å². The number of carbonyl (C=O) groups excluding carboxylic acids is 1. The van der Waals surface area contributed by atoms with Gasteiger partial charge in [-0.1, -0.05) is 17.7 Å². The number of nitrogens with zero attached hydrogens (tertiary/aromatic N) is 2. The van der Waals surface area contributed by atoms with Crippen molar-refractivity contribution in [3.63, 3.8) is 0 Å². The molecule has 9 heteroatoms. The quantitative estimate of drug-likeness (QED) is 0.602. The Bertz CT molecular complexity index is 644. The molecule has 0 radical (unpaired) electrons. The first kappa shape index (κ1) is 16.4. The lowest BCUT2D eigenvalue weighted by Gasteiger charge is -2.17. The third-order valence-electron chi connectivity index (χ3n) is 2.55. The Morgan fingerprint density at radius 2 is 2.05 bits per heavy atom. The molecule has 7 nitrogen and oxygen atoms in total. The van der Waals surface area contributed by atoms with Gasteiger partial charge >= 0.3 is 0 Å². The number of sulfone groups is 1. The van der Waals surface area contributed by atoms with E-state index in [1.54, 1.807) is 0 Å². The fourth-order valence-electron chi connectivity index (χ4n) is 1.44. The van der Waals surface area contributed by atoms with Gasteiger partial charge in [-0.05, 0) is 6.07 Å². The third kappa shape index (κ3) is 4.17. The first-order valence-corrected chi connectivity index (χ1v) is 7.93. The normalized spacial score (nSPS) is 11.2. The fraction of sp³-hybridized carbons (Fsp3) is 0.364. The van der Waals surface area contributed by atoms with Crippen LogP contribution in [0.3, 0.4) is 0 Å².